The summed E-state index contributed by atoms with van der Waals surface area (Å²) in [5.74, 6) is 1.27. The number of rotatable bonds is 6. The van der Waals surface area contributed by atoms with E-state index >= 15 is 0 Å². The van der Waals surface area contributed by atoms with Gasteiger partial charge in [0.1, 0.15) is 0 Å². The van der Waals surface area contributed by atoms with Gasteiger partial charge in [0, 0.05) is 0 Å². The highest BCUT2D eigenvalue weighted by atomic mass is 79.9. The second kappa shape index (κ2) is 6.45. The first-order valence-electron chi connectivity index (χ1n) is 6.07. The fraction of sp³-hybridized carbons (Fsp3) is 0.500. The number of aromatic nitrogens is 2. The molecule has 1 unspecified atom stereocenters. The SMILES string of the molecule is CCCNC(CC)c1nnc(-c2ccc(Br)s2)o1. The van der Waals surface area contributed by atoms with E-state index in [1.165, 1.54) is 0 Å². The molecular formula is C12H16BrN3OS. The van der Waals surface area contributed by atoms with E-state index in [1.807, 2.05) is 12.1 Å². The average molecular weight is 330 g/mol. The zero-order valence-corrected chi connectivity index (χ0v) is 12.8. The van der Waals surface area contributed by atoms with Crippen LogP contribution in [-0.4, -0.2) is 16.7 Å². The standard InChI is InChI=1S/C12H16BrN3OS/c1-3-7-14-8(4-2)11-15-16-12(17-11)9-5-6-10(13)18-9/h5-6,8,14H,3-4,7H2,1-2H3. The summed E-state index contributed by atoms with van der Waals surface area (Å²) in [5, 5.41) is 11.7. The van der Waals surface area contributed by atoms with Gasteiger partial charge in [0.15, 0.2) is 0 Å². The summed E-state index contributed by atoms with van der Waals surface area (Å²) in [6.07, 6.45) is 2.03. The summed E-state index contributed by atoms with van der Waals surface area (Å²) < 4.78 is 6.80. The molecule has 0 aromatic carbocycles. The van der Waals surface area contributed by atoms with Crippen LogP contribution in [0.1, 0.15) is 38.6 Å². The molecule has 98 valence electrons. The van der Waals surface area contributed by atoms with E-state index < -0.39 is 0 Å². The molecule has 0 spiro atoms. The third-order valence-electron chi connectivity index (χ3n) is 2.57. The Balaban J connectivity index is 2.13. The number of halogens is 1. The monoisotopic (exact) mass is 329 g/mol. The lowest BCUT2D eigenvalue weighted by atomic mass is 10.2. The van der Waals surface area contributed by atoms with Gasteiger partial charge in [-0.15, -0.1) is 21.5 Å². The van der Waals surface area contributed by atoms with Crippen molar-refractivity contribution in [2.24, 2.45) is 0 Å². The molecule has 0 amide bonds. The van der Waals surface area contributed by atoms with E-state index in [9.17, 15) is 0 Å². The highest BCUT2D eigenvalue weighted by Gasteiger charge is 2.17. The molecular weight excluding hydrogens is 314 g/mol. The van der Waals surface area contributed by atoms with E-state index in [0.717, 1.165) is 28.0 Å². The van der Waals surface area contributed by atoms with Crippen molar-refractivity contribution in [3.05, 3.63) is 21.8 Å². The number of hydrogen-bond donors (Lipinski definition) is 1. The number of hydrogen-bond acceptors (Lipinski definition) is 5. The van der Waals surface area contributed by atoms with Crippen LogP contribution in [0.5, 0.6) is 0 Å². The minimum absolute atomic E-state index is 0.148. The van der Waals surface area contributed by atoms with E-state index in [1.54, 1.807) is 11.3 Å². The fourth-order valence-corrected chi connectivity index (χ4v) is 2.94. The molecule has 0 aliphatic rings. The molecule has 18 heavy (non-hydrogen) atoms. The maximum atomic E-state index is 5.74. The van der Waals surface area contributed by atoms with E-state index in [4.69, 9.17) is 4.42 Å². The average Bonchev–Trinajstić information content (AvgIpc) is 2.99. The van der Waals surface area contributed by atoms with Gasteiger partial charge in [-0.05, 0) is 47.4 Å². The third kappa shape index (κ3) is 3.18. The Bertz CT molecular complexity index is 497. The van der Waals surface area contributed by atoms with Crippen LogP contribution in [0.4, 0.5) is 0 Å². The lowest BCUT2D eigenvalue weighted by molar-refractivity contribution is 0.396. The molecule has 0 aliphatic heterocycles. The van der Waals surface area contributed by atoms with Gasteiger partial charge in [0.05, 0.1) is 14.7 Å². The first kappa shape index (κ1) is 13.7. The molecule has 0 bridgehead atoms. The summed E-state index contributed by atoms with van der Waals surface area (Å²) in [6, 6.07) is 4.11. The molecule has 0 fully saturated rings. The van der Waals surface area contributed by atoms with Gasteiger partial charge in [-0.3, -0.25) is 0 Å². The van der Waals surface area contributed by atoms with E-state index in [-0.39, 0.29) is 6.04 Å². The summed E-state index contributed by atoms with van der Waals surface area (Å²) in [4.78, 5) is 0.992. The quantitative estimate of drug-likeness (QED) is 0.869. The molecule has 0 aliphatic carbocycles. The Morgan fingerprint density at radius 3 is 2.83 bits per heavy atom. The molecule has 0 saturated carbocycles. The largest absolute Gasteiger partial charge is 0.418 e. The normalized spacial score (nSPS) is 12.8. The van der Waals surface area contributed by atoms with Gasteiger partial charge >= 0.3 is 0 Å². The molecule has 2 rings (SSSR count). The molecule has 2 aromatic heterocycles. The van der Waals surface area contributed by atoms with Crippen molar-refractivity contribution in [2.45, 2.75) is 32.7 Å². The van der Waals surface area contributed by atoms with Gasteiger partial charge in [-0.25, -0.2) is 0 Å². The summed E-state index contributed by atoms with van der Waals surface area (Å²) >= 11 is 5.02. The van der Waals surface area contributed by atoms with Crippen molar-refractivity contribution in [1.82, 2.24) is 15.5 Å². The predicted molar refractivity (Wildman–Crippen MR) is 76.6 cm³/mol. The molecule has 1 atom stereocenters. The van der Waals surface area contributed by atoms with Crippen molar-refractivity contribution in [1.29, 1.82) is 0 Å². The zero-order chi connectivity index (χ0) is 13.0. The van der Waals surface area contributed by atoms with Gasteiger partial charge in [-0.2, -0.15) is 0 Å². The molecule has 6 heteroatoms. The van der Waals surface area contributed by atoms with Gasteiger partial charge < -0.3 is 9.73 Å². The van der Waals surface area contributed by atoms with Gasteiger partial charge in [0.25, 0.3) is 5.89 Å². The Hall–Kier alpha value is -0.720. The second-order valence-corrected chi connectivity index (χ2v) is 6.43. The van der Waals surface area contributed by atoms with E-state index in [0.29, 0.717) is 11.8 Å². The molecule has 0 radical (unpaired) electrons. The van der Waals surface area contributed by atoms with Crippen LogP contribution in [0.2, 0.25) is 0 Å². The van der Waals surface area contributed by atoms with Gasteiger partial charge in [0.2, 0.25) is 5.89 Å². The molecule has 4 nitrogen and oxygen atoms in total. The first-order valence-corrected chi connectivity index (χ1v) is 7.68. The summed E-state index contributed by atoms with van der Waals surface area (Å²) in [5.41, 5.74) is 0. The van der Waals surface area contributed by atoms with Crippen LogP contribution in [0.25, 0.3) is 10.8 Å². The van der Waals surface area contributed by atoms with Crippen LogP contribution in [0.15, 0.2) is 20.3 Å². The Morgan fingerprint density at radius 1 is 1.39 bits per heavy atom. The Kier molecular flexibility index (Phi) is 4.91. The maximum absolute atomic E-state index is 5.74. The maximum Gasteiger partial charge on any atom is 0.257 e. The minimum Gasteiger partial charge on any atom is -0.418 e. The molecule has 0 saturated heterocycles. The Labute approximate surface area is 119 Å². The molecule has 1 N–H and O–H groups in total. The highest BCUT2D eigenvalue weighted by molar-refractivity contribution is 9.11. The predicted octanol–water partition coefficient (Wildman–Crippen LogP) is 4.01. The minimum atomic E-state index is 0.148. The third-order valence-corrected chi connectivity index (χ3v) is 4.18. The smallest absolute Gasteiger partial charge is 0.257 e. The van der Waals surface area contributed by atoms with Crippen LogP contribution in [-0.2, 0) is 0 Å². The number of thiophene rings is 1. The number of nitrogens with one attached hydrogen (secondary N) is 1. The van der Waals surface area contributed by atoms with Crippen molar-refractivity contribution in [3.63, 3.8) is 0 Å². The van der Waals surface area contributed by atoms with Crippen LogP contribution in [0, 0.1) is 0 Å². The van der Waals surface area contributed by atoms with Crippen molar-refractivity contribution in [2.75, 3.05) is 6.54 Å². The van der Waals surface area contributed by atoms with Crippen molar-refractivity contribution in [3.8, 4) is 10.8 Å². The van der Waals surface area contributed by atoms with Crippen LogP contribution in [0.3, 0.4) is 0 Å². The zero-order valence-electron chi connectivity index (χ0n) is 10.4. The van der Waals surface area contributed by atoms with Crippen molar-refractivity contribution < 1.29 is 4.42 Å². The molecule has 2 aromatic rings. The summed E-state index contributed by atoms with van der Waals surface area (Å²) in [7, 11) is 0. The number of nitrogens with zero attached hydrogens (tertiary/aromatic N) is 2. The summed E-state index contributed by atoms with van der Waals surface area (Å²) in [6.45, 7) is 5.21. The Morgan fingerprint density at radius 2 is 2.22 bits per heavy atom. The lowest BCUT2D eigenvalue weighted by Gasteiger charge is -2.11. The van der Waals surface area contributed by atoms with Crippen molar-refractivity contribution >= 4 is 27.3 Å². The van der Waals surface area contributed by atoms with Crippen LogP contribution >= 0.6 is 27.3 Å². The topological polar surface area (TPSA) is 51.0 Å². The highest BCUT2D eigenvalue weighted by Crippen LogP contribution is 2.31. The van der Waals surface area contributed by atoms with Crippen LogP contribution < -0.4 is 5.32 Å². The van der Waals surface area contributed by atoms with Gasteiger partial charge in [-0.1, -0.05) is 13.8 Å². The fourth-order valence-electron chi connectivity index (χ4n) is 1.63. The molecule has 2 heterocycles. The lowest BCUT2D eigenvalue weighted by Crippen LogP contribution is -2.21. The second-order valence-electron chi connectivity index (χ2n) is 3.96. The first-order chi connectivity index (χ1) is 8.74. The van der Waals surface area contributed by atoms with E-state index in [2.05, 4.69) is 45.3 Å².